The van der Waals surface area contributed by atoms with E-state index in [4.69, 9.17) is 9.47 Å². The number of amides is 2. The summed E-state index contributed by atoms with van der Waals surface area (Å²) in [5.74, 6) is -0.0836. The highest BCUT2D eigenvalue weighted by molar-refractivity contribution is 6.05. The van der Waals surface area contributed by atoms with Gasteiger partial charge in [-0.25, -0.2) is 4.99 Å². The average Bonchev–Trinajstić information content (AvgIpc) is 3.04. The Balaban J connectivity index is 1.55. The average molecular weight is 316 g/mol. The Morgan fingerprint density at radius 3 is 2.74 bits per heavy atom. The molecule has 8 nitrogen and oxygen atoms in total. The van der Waals surface area contributed by atoms with Crippen molar-refractivity contribution >= 4 is 18.0 Å². The highest BCUT2D eigenvalue weighted by atomic mass is 16.5. The second-order valence-electron chi connectivity index (χ2n) is 5.23. The molecule has 120 valence electrons. The van der Waals surface area contributed by atoms with Crippen LogP contribution in [-0.4, -0.2) is 59.4 Å². The van der Waals surface area contributed by atoms with Gasteiger partial charge in [0.2, 0.25) is 17.7 Å². The van der Waals surface area contributed by atoms with Gasteiger partial charge in [0.1, 0.15) is 6.10 Å². The highest BCUT2D eigenvalue weighted by Gasteiger charge is 2.31. The van der Waals surface area contributed by atoms with Crippen molar-refractivity contribution in [3.63, 3.8) is 0 Å². The molecule has 1 saturated heterocycles. The van der Waals surface area contributed by atoms with Crippen LogP contribution in [0.1, 0.15) is 6.42 Å². The van der Waals surface area contributed by atoms with Gasteiger partial charge in [-0.3, -0.25) is 9.59 Å². The zero-order valence-corrected chi connectivity index (χ0v) is 12.6. The van der Waals surface area contributed by atoms with Gasteiger partial charge in [-0.15, -0.1) is 10.2 Å². The van der Waals surface area contributed by atoms with Gasteiger partial charge in [-0.05, 0) is 0 Å². The molecule has 2 unspecified atom stereocenters. The van der Waals surface area contributed by atoms with E-state index in [0.717, 1.165) is 0 Å². The molecule has 0 aliphatic carbocycles. The zero-order chi connectivity index (χ0) is 16.2. The summed E-state index contributed by atoms with van der Waals surface area (Å²) in [7, 11) is 1.52. The fourth-order valence-corrected chi connectivity index (χ4v) is 2.46. The molecule has 1 fully saturated rings. The third kappa shape index (κ3) is 3.53. The maximum Gasteiger partial charge on any atom is 0.269 e. The lowest BCUT2D eigenvalue weighted by Crippen LogP contribution is -2.36. The Kier molecular flexibility index (Phi) is 4.31. The maximum atomic E-state index is 12.4. The summed E-state index contributed by atoms with van der Waals surface area (Å²) in [6, 6.07) is 3.35. The first-order valence-electron chi connectivity index (χ1n) is 7.25. The molecule has 0 spiro atoms. The molecule has 8 heteroatoms. The SMILES string of the molecule is COc1ccc(OC2CCN(C(=O)C3C=CC(=O)N=C3)C2)nn1. The Hall–Kier alpha value is -2.77. The molecule has 3 heterocycles. The van der Waals surface area contributed by atoms with Crippen molar-refractivity contribution in [1.82, 2.24) is 15.1 Å². The number of nitrogens with zero attached hydrogens (tertiary/aromatic N) is 4. The van der Waals surface area contributed by atoms with Crippen LogP contribution in [0.15, 0.2) is 29.3 Å². The smallest absolute Gasteiger partial charge is 0.269 e. The molecule has 1 aromatic heterocycles. The molecular formula is C15H16N4O4. The number of ether oxygens (including phenoxy) is 2. The molecule has 0 saturated carbocycles. The zero-order valence-electron chi connectivity index (χ0n) is 12.6. The number of dihydropyridines is 1. The van der Waals surface area contributed by atoms with Crippen molar-refractivity contribution in [2.75, 3.05) is 20.2 Å². The predicted octanol–water partition coefficient (Wildman–Crippen LogP) is 0.248. The van der Waals surface area contributed by atoms with Gasteiger partial charge in [0, 0.05) is 37.4 Å². The number of aliphatic imine (C=N–C) groups is 1. The van der Waals surface area contributed by atoms with Gasteiger partial charge in [-0.1, -0.05) is 6.08 Å². The van der Waals surface area contributed by atoms with Crippen molar-refractivity contribution in [1.29, 1.82) is 0 Å². The van der Waals surface area contributed by atoms with E-state index in [9.17, 15) is 9.59 Å². The molecule has 2 aliphatic rings. The van der Waals surface area contributed by atoms with Gasteiger partial charge < -0.3 is 14.4 Å². The summed E-state index contributed by atoms with van der Waals surface area (Å²) in [5, 5.41) is 7.75. The van der Waals surface area contributed by atoms with E-state index in [2.05, 4.69) is 15.2 Å². The van der Waals surface area contributed by atoms with Crippen molar-refractivity contribution in [3.05, 3.63) is 24.3 Å². The van der Waals surface area contributed by atoms with Crippen molar-refractivity contribution in [2.24, 2.45) is 10.9 Å². The standard InChI is InChI=1S/C15H16N4O4/c1-22-13-4-5-14(18-17-13)23-11-6-7-19(9-11)15(21)10-2-3-12(20)16-8-10/h2-5,8,10-11H,6-7,9H2,1H3. The Bertz CT molecular complexity index is 640. The molecule has 2 atom stereocenters. The minimum absolute atomic E-state index is 0.0792. The van der Waals surface area contributed by atoms with Crippen LogP contribution in [0.5, 0.6) is 11.8 Å². The number of rotatable bonds is 4. The largest absolute Gasteiger partial charge is 0.480 e. The van der Waals surface area contributed by atoms with Crippen LogP contribution in [-0.2, 0) is 9.59 Å². The molecule has 23 heavy (non-hydrogen) atoms. The lowest BCUT2D eigenvalue weighted by molar-refractivity contribution is -0.131. The first kappa shape index (κ1) is 15.1. The van der Waals surface area contributed by atoms with E-state index in [1.807, 2.05) is 0 Å². The van der Waals surface area contributed by atoms with E-state index < -0.39 is 5.92 Å². The fourth-order valence-electron chi connectivity index (χ4n) is 2.46. The normalized spacial score (nSPS) is 23.2. The molecule has 2 amide bonds. The number of carbonyl (C=O) groups is 2. The first-order chi connectivity index (χ1) is 11.2. The van der Waals surface area contributed by atoms with Gasteiger partial charge in [0.25, 0.3) is 5.91 Å². The quantitative estimate of drug-likeness (QED) is 0.790. The van der Waals surface area contributed by atoms with Gasteiger partial charge in [0.05, 0.1) is 19.6 Å². The molecule has 0 radical (unpaired) electrons. The van der Waals surface area contributed by atoms with Gasteiger partial charge in [0.15, 0.2) is 0 Å². The van der Waals surface area contributed by atoms with Crippen molar-refractivity contribution in [3.8, 4) is 11.8 Å². The summed E-state index contributed by atoms with van der Waals surface area (Å²) < 4.78 is 10.7. The first-order valence-corrected chi connectivity index (χ1v) is 7.25. The van der Waals surface area contributed by atoms with E-state index in [1.54, 1.807) is 23.1 Å². The number of hydrogen-bond donors (Lipinski definition) is 0. The van der Waals surface area contributed by atoms with Crippen molar-refractivity contribution in [2.45, 2.75) is 12.5 Å². The second-order valence-corrected chi connectivity index (χ2v) is 5.23. The number of aromatic nitrogens is 2. The maximum absolute atomic E-state index is 12.4. The second kappa shape index (κ2) is 6.55. The Morgan fingerprint density at radius 1 is 1.30 bits per heavy atom. The number of likely N-dealkylation sites (tertiary alicyclic amines) is 1. The minimum atomic E-state index is -0.479. The van der Waals surface area contributed by atoms with Gasteiger partial charge in [-0.2, -0.15) is 0 Å². The summed E-state index contributed by atoms with van der Waals surface area (Å²) in [6.45, 7) is 1.07. The lowest BCUT2D eigenvalue weighted by atomic mass is 10.1. The Labute approximate surface area is 132 Å². The van der Waals surface area contributed by atoms with Gasteiger partial charge >= 0.3 is 0 Å². The number of methoxy groups -OCH3 is 1. The Morgan fingerprint density at radius 2 is 2.09 bits per heavy atom. The van der Waals surface area contributed by atoms with E-state index in [0.29, 0.717) is 31.3 Å². The third-order valence-corrected chi connectivity index (χ3v) is 3.66. The molecule has 0 aromatic carbocycles. The van der Waals surface area contributed by atoms with Crippen LogP contribution in [0.2, 0.25) is 0 Å². The summed E-state index contributed by atoms with van der Waals surface area (Å²) in [4.78, 5) is 28.7. The monoisotopic (exact) mass is 316 g/mol. The van der Waals surface area contributed by atoms with Crippen LogP contribution in [0, 0.1) is 5.92 Å². The number of hydrogen-bond acceptors (Lipinski definition) is 6. The van der Waals surface area contributed by atoms with E-state index in [-0.39, 0.29) is 17.9 Å². The van der Waals surface area contributed by atoms with Crippen molar-refractivity contribution < 1.29 is 19.1 Å². The highest BCUT2D eigenvalue weighted by Crippen LogP contribution is 2.19. The summed E-state index contributed by atoms with van der Waals surface area (Å²) in [6.07, 6.45) is 4.85. The molecular weight excluding hydrogens is 300 g/mol. The van der Waals surface area contributed by atoms with Crippen LogP contribution < -0.4 is 9.47 Å². The molecule has 2 aliphatic heterocycles. The predicted molar refractivity (Wildman–Crippen MR) is 80.3 cm³/mol. The lowest BCUT2D eigenvalue weighted by Gasteiger charge is -2.20. The summed E-state index contributed by atoms with van der Waals surface area (Å²) >= 11 is 0. The topological polar surface area (TPSA) is 94.0 Å². The van der Waals surface area contributed by atoms with Crippen LogP contribution in [0.4, 0.5) is 0 Å². The van der Waals surface area contributed by atoms with Crippen LogP contribution in [0.25, 0.3) is 0 Å². The van der Waals surface area contributed by atoms with Crippen LogP contribution >= 0.6 is 0 Å². The van der Waals surface area contributed by atoms with Crippen LogP contribution in [0.3, 0.4) is 0 Å². The van der Waals surface area contributed by atoms with E-state index >= 15 is 0 Å². The molecule has 3 rings (SSSR count). The molecule has 1 aromatic rings. The summed E-state index contributed by atoms with van der Waals surface area (Å²) in [5.41, 5.74) is 0. The minimum Gasteiger partial charge on any atom is -0.480 e. The third-order valence-electron chi connectivity index (χ3n) is 3.66. The molecule has 0 bridgehead atoms. The van der Waals surface area contributed by atoms with E-state index in [1.165, 1.54) is 19.4 Å². The molecule has 0 N–H and O–H groups in total. The fraction of sp³-hybridized carbons (Fsp3) is 0.400. The number of carbonyl (C=O) groups excluding carboxylic acids is 2.